The molecule has 0 bridgehead atoms. The van der Waals surface area contributed by atoms with Gasteiger partial charge in [0.2, 0.25) is 0 Å². The molecule has 1 fully saturated rings. The second-order valence-electron chi connectivity index (χ2n) is 7.17. The van der Waals surface area contributed by atoms with Gasteiger partial charge in [-0.25, -0.2) is 0 Å². The maximum Gasteiger partial charge on any atom is 0.251 e. The number of carbonyl (C=O) groups is 1. The molecule has 0 spiro atoms. The van der Waals surface area contributed by atoms with Gasteiger partial charge in [0.25, 0.3) is 5.91 Å². The Morgan fingerprint density at radius 3 is 2.70 bits per heavy atom. The smallest absolute Gasteiger partial charge is 0.251 e. The summed E-state index contributed by atoms with van der Waals surface area (Å²) < 4.78 is 11.1. The number of ether oxygens (including phenoxy) is 2. The van der Waals surface area contributed by atoms with Crippen LogP contribution in [0.3, 0.4) is 0 Å². The number of carbonyl (C=O) groups excluding carboxylic acids is 1. The lowest BCUT2D eigenvalue weighted by Gasteiger charge is -2.36. The molecule has 2 aliphatic rings. The van der Waals surface area contributed by atoms with Gasteiger partial charge < -0.3 is 14.8 Å². The van der Waals surface area contributed by atoms with E-state index in [4.69, 9.17) is 9.47 Å². The number of benzene rings is 2. The Bertz CT molecular complexity index is 778. The lowest BCUT2D eigenvalue weighted by atomic mass is 10.0. The van der Waals surface area contributed by atoms with Crippen molar-refractivity contribution in [2.45, 2.75) is 31.8 Å². The largest absolute Gasteiger partial charge is 0.486 e. The van der Waals surface area contributed by atoms with Crippen LogP contribution in [0.1, 0.15) is 35.2 Å². The minimum absolute atomic E-state index is 0.0581. The van der Waals surface area contributed by atoms with Crippen LogP contribution in [-0.2, 0) is 6.54 Å². The molecule has 5 nitrogen and oxygen atoms in total. The molecule has 2 aliphatic heterocycles. The number of hydrogen-bond donors (Lipinski definition) is 1. The molecule has 1 unspecified atom stereocenters. The van der Waals surface area contributed by atoms with Crippen LogP contribution in [0.4, 0.5) is 0 Å². The van der Waals surface area contributed by atoms with Crippen LogP contribution in [0.5, 0.6) is 11.5 Å². The molecule has 1 N–H and O–H groups in total. The van der Waals surface area contributed by atoms with E-state index >= 15 is 0 Å². The van der Waals surface area contributed by atoms with Gasteiger partial charge in [-0.2, -0.15) is 0 Å². The Labute approximate surface area is 160 Å². The Kier molecular flexibility index (Phi) is 5.58. The fourth-order valence-corrected chi connectivity index (χ4v) is 3.81. The number of nitrogens with zero attached hydrogens (tertiary/aromatic N) is 1. The van der Waals surface area contributed by atoms with Crippen molar-refractivity contribution in [3.8, 4) is 11.5 Å². The number of fused-ring (bicyclic) bond motifs is 1. The van der Waals surface area contributed by atoms with Crippen LogP contribution in [0.2, 0.25) is 0 Å². The summed E-state index contributed by atoms with van der Waals surface area (Å²) in [6.07, 6.45) is 3.56. The van der Waals surface area contributed by atoms with E-state index in [0.29, 0.717) is 42.9 Å². The highest BCUT2D eigenvalue weighted by Gasteiger charge is 2.23. The third kappa shape index (κ3) is 4.42. The summed E-state index contributed by atoms with van der Waals surface area (Å²) in [6, 6.07) is 16.3. The van der Waals surface area contributed by atoms with Gasteiger partial charge in [-0.3, -0.25) is 9.69 Å². The first-order valence-corrected chi connectivity index (χ1v) is 9.75. The molecule has 1 saturated heterocycles. The van der Waals surface area contributed by atoms with Crippen molar-refractivity contribution >= 4 is 5.91 Å². The summed E-state index contributed by atoms with van der Waals surface area (Å²) in [5.74, 6) is 1.30. The van der Waals surface area contributed by atoms with Gasteiger partial charge in [0.15, 0.2) is 11.5 Å². The maximum atomic E-state index is 12.6. The monoisotopic (exact) mass is 366 g/mol. The SMILES string of the molecule is O=C(NCC1CCCCN1Cc1ccccc1)c1ccc2c(c1)OCCO2. The van der Waals surface area contributed by atoms with Crippen LogP contribution < -0.4 is 14.8 Å². The molecule has 2 aromatic rings. The topological polar surface area (TPSA) is 50.8 Å². The van der Waals surface area contributed by atoms with Crippen molar-refractivity contribution in [2.75, 3.05) is 26.3 Å². The molecule has 27 heavy (non-hydrogen) atoms. The van der Waals surface area contributed by atoms with Crippen LogP contribution in [0.15, 0.2) is 48.5 Å². The number of hydrogen-bond acceptors (Lipinski definition) is 4. The second-order valence-corrected chi connectivity index (χ2v) is 7.17. The zero-order valence-electron chi connectivity index (χ0n) is 15.5. The summed E-state index contributed by atoms with van der Waals surface area (Å²) in [6.45, 7) is 3.76. The summed E-state index contributed by atoms with van der Waals surface area (Å²) in [5.41, 5.74) is 1.94. The van der Waals surface area contributed by atoms with Gasteiger partial charge in [0, 0.05) is 24.7 Å². The zero-order chi connectivity index (χ0) is 18.5. The highest BCUT2D eigenvalue weighted by molar-refractivity contribution is 5.94. The maximum absolute atomic E-state index is 12.6. The van der Waals surface area contributed by atoms with Crippen molar-refractivity contribution in [3.05, 3.63) is 59.7 Å². The molecule has 1 amide bonds. The molecule has 1 atom stereocenters. The normalized spacial score (nSPS) is 19.5. The molecular formula is C22H26N2O3. The van der Waals surface area contributed by atoms with E-state index in [1.54, 1.807) is 12.1 Å². The Morgan fingerprint density at radius 2 is 1.85 bits per heavy atom. The van der Waals surface area contributed by atoms with Crippen molar-refractivity contribution in [1.29, 1.82) is 0 Å². The Morgan fingerprint density at radius 1 is 1.04 bits per heavy atom. The lowest BCUT2D eigenvalue weighted by Crippen LogP contribution is -2.46. The second kappa shape index (κ2) is 8.44. The minimum Gasteiger partial charge on any atom is -0.486 e. The zero-order valence-corrected chi connectivity index (χ0v) is 15.5. The minimum atomic E-state index is -0.0581. The molecule has 0 saturated carbocycles. The molecule has 0 aliphatic carbocycles. The first-order chi connectivity index (χ1) is 13.3. The number of piperidine rings is 1. The van der Waals surface area contributed by atoms with Gasteiger partial charge in [-0.1, -0.05) is 36.8 Å². The van der Waals surface area contributed by atoms with Crippen LogP contribution in [0.25, 0.3) is 0 Å². The van der Waals surface area contributed by atoms with Gasteiger partial charge in [0.1, 0.15) is 13.2 Å². The molecule has 0 radical (unpaired) electrons. The average molecular weight is 366 g/mol. The molecular weight excluding hydrogens is 340 g/mol. The van der Waals surface area contributed by atoms with Crippen LogP contribution >= 0.6 is 0 Å². The van der Waals surface area contributed by atoms with Crippen molar-refractivity contribution in [3.63, 3.8) is 0 Å². The standard InChI is InChI=1S/C22H26N2O3/c25-22(18-9-10-20-21(14-18)27-13-12-26-20)23-15-19-8-4-5-11-24(19)16-17-6-2-1-3-7-17/h1-3,6-7,9-10,14,19H,4-5,8,11-13,15-16H2,(H,23,25). The fraction of sp³-hybridized carbons (Fsp3) is 0.409. The van der Waals surface area contributed by atoms with E-state index < -0.39 is 0 Å². The molecule has 2 heterocycles. The number of amides is 1. The summed E-state index contributed by atoms with van der Waals surface area (Å²) in [4.78, 5) is 15.1. The Hall–Kier alpha value is -2.53. The number of rotatable bonds is 5. The predicted molar refractivity (Wildman–Crippen MR) is 104 cm³/mol. The highest BCUT2D eigenvalue weighted by Crippen LogP contribution is 2.30. The van der Waals surface area contributed by atoms with Crippen molar-refractivity contribution in [1.82, 2.24) is 10.2 Å². The number of likely N-dealkylation sites (tertiary alicyclic amines) is 1. The van der Waals surface area contributed by atoms with E-state index in [1.807, 2.05) is 12.1 Å². The fourth-order valence-electron chi connectivity index (χ4n) is 3.81. The van der Waals surface area contributed by atoms with Gasteiger partial charge in [-0.05, 0) is 43.1 Å². The van der Waals surface area contributed by atoms with Crippen molar-refractivity contribution < 1.29 is 14.3 Å². The average Bonchev–Trinajstić information content (AvgIpc) is 2.73. The van der Waals surface area contributed by atoms with Gasteiger partial charge in [0.05, 0.1) is 0 Å². The molecule has 142 valence electrons. The van der Waals surface area contributed by atoms with Crippen molar-refractivity contribution in [2.24, 2.45) is 0 Å². The van der Waals surface area contributed by atoms with E-state index in [0.717, 1.165) is 19.5 Å². The predicted octanol–water partition coefficient (Wildman–Crippen LogP) is 3.24. The molecule has 0 aromatic heterocycles. The third-order valence-electron chi connectivity index (χ3n) is 5.28. The van der Waals surface area contributed by atoms with E-state index in [2.05, 4.69) is 34.5 Å². The summed E-state index contributed by atoms with van der Waals surface area (Å²) >= 11 is 0. The first kappa shape index (κ1) is 17.9. The van der Waals surface area contributed by atoms with Gasteiger partial charge >= 0.3 is 0 Å². The lowest BCUT2D eigenvalue weighted by molar-refractivity contribution is 0.0906. The molecule has 4 rings (SSSR count). The van der Waals surface area contributed by atoms with E-state index in [9.17, 15) is 4.79 Å². The van der Waals surface area contributed by atoms with Crippen LogP contribution in [0, 0.1) is 0 Å². The van der Waals surface area contributed by atoms with E-state index in [1.165, 1.54) is 18.4 Å². The number of nitrogens with one attached hydrogen (secondary N) is 1. The Balaban J connectivity index is 1.37. The van der Waals surface area contributed by atoms with Crippen LogP contribution in [-0.4, -0.2) is 43.2 Å². The quantitative estimate of drug-likeness (QED) is 0.883. The van der Waals surface area contributed by atoms with E-state index in [-0.39, 0.29) is 5.91 Å². The summed E-state index contributed by atoms with van der Waals surface area (Å²) in [5, 5.41) is 3.11. The highest BCUT2D eigenvalue weighted by atomic mass is 16.6. The first-order valence-electron chi connectivity index (χ1n) is 9.75. The van der Waals surface area contributed by atoms with Gasteiger partial charge in [-0.15, -0.1) is 0 Å². The summed E-state index contributed by atoms with van der Waals surface area (Å²) in [7, 11) is 0. The molecule has 2 aromatic carbocycles. The molecule has 5 heteroatoms. The third-order valence-corrected chi connectivity index (χ3v) is 5.28.